The van der Waals surface area contributed by atoms with Crippen molar-refractivity contribution in [1.29, 1.82) is 0 Å². The Balaban J connectivity index is 1.84. The van der Waals surface area contributed by atoms with Crippen LogP contribution >= 0.6 is 0 Å². The van der Waals surface area contributed by atoms with Crippen LogP contribution in [0.4, 0.5) is 0 Å². The monoisotopic (exact) mass is 378 g/mol. The Bertz CT molecular complexity index is 1070. The average Bonchev–Trinajstić information content (AvgIpc) is 2.74. The van der Waals surface area contributed by atoms with Crippen LogP contribution in [0.15, 0.2) is 53.3 Å². The van der Waals surface area contributed by atoms with Crippen LogP contribution in [0.3, 0.4) is 0 Å². The number of benzene rings is 2. The molecule has 3 aromatic rings. The van der Waals surface area contributed by atoms with Crippen molar-refractivity contribution in [3.63, 3.8) is 0 Å². The third kappa shape index (κ3) is 3.25. The van der Waals surface area contributed by atoms with E-state index in [9.17, 15) is 9.59 Å². The SMILES string of the molecule is COc1ccc(-n2nc(C(=O)N3CCN(C)CC3)c3ccccc3c2=O)cc1. The van der Waals surface area contributed by atoms with E-state index in [2.05, 4.69) is 10.00 Å². The fourth-order valence-corrected chi connectivity index (χ4v) is 3.41. The zero-order valence-electron chi connectivity index (χ0n) is 16.0. The number of rotatable bonds is 3. The molecule has 1 saturated heterocycles. The molecule has 7 nitrogen and oxygen atoms in total. The van der Waals surface area contributed by atoms with Gasteiger partial charge in [-0.2, -0.15) is 9.78 Å². The molecule has 28 heavy (non-hydrogen) atoms. The minimum atomic E-state index is -0.254. The van der Waals surface area contributed by atoms with Crippen LogP contribution in [-0.2, 0) is 0 Å². The van der Waals surface area contributed by atoms with E-state index in [4.69, 9.17) is 4.74 Å². The number of piperazine rings is 1. The van der Waals surface area contributed by atoms with Gasteiger partial charge in [-0.1, -0.05) is 18.2 Å². The largest absolute Gasteiger partial charge is 0.497 e. The molecule has 0 radical (unpaired) electrons. The number of nitrogens with zero attached hydrogens (tertiary/aromatic N) is 4. The van der Waals surface area contributed by atoms with E-state index >= 15 is 0 Å². The Morgan fingerprint density at radius 3 is 2.25 bits per heavy atom. The van der Waals surface area contributed by atoms with Crippen LogP contribution in [-0.4, -0.2) is 65.8 Å². The minimum absolute atomic E-state index is 0.147. The molecule has 0 saturated carbocycles. The molecule has 0 spiro atoms. The van der Waals surface area contributed by atoms with Crippen molar-refractivity contribution in [2.75, 3.05) is 40.3 Å². The summed E-state index contributed by atoms with van der Waals surface area (Å²) < 4.78 is 6.48. The van der Waals surface area contributed by atoms with Crippen molar-refractivity contribution in [2.45, 2.75) is 0 Å². The van der Waals surface area contributed by atoms with Crippen LogP contribution in [0.1, 0.15) is 10.5 Å². The molecule has 1 amide bonds. The van der Waals surface area contributed by atoms with Gasteiger partial charge in [0.2, 0.25) is 0 Å². The first-order chi connectivity index (χ1) is 13.6. The van der Waals surface area contributed by atoms with E-state index in [1.54, 1.807) is 54.5 Å². The standard InChI is InChI=1S/C21H22N4O3/c1-23-11-13-24(14-12-23)21(27)19-17-5-3-4-6-18(17)20(26)25(22-19)15-7-9-16(28-2)10-8-15/h3-10H,11-14H2,1-2H3. The van der Waals surface area contributed by atoms with Crippen LogP contribution in [0.5, 0.6) is 5.75 Å². The highest BCUT2D eigenvalue weighted by atomic mass is 16.5. The fourth-order valence-electron chi connectivity index (χ4n) is 3.41. The molecule has 0 aliphatic carbocycles. The predicted octanol–water partition coefficient (Wildman–Crippen LogP) is 1.78. The lowest BCUT2D eigenvalue weighted by atomic mass is 10.1. The summed E-state index contributed by atoms with van der Waals surface area (Å²) in [5.74, 6) is 0.540. The number of likely N-dealkylation sites (N-methyl/N-ethyl adjacent to an activating group) is 1. The Labute approximate surface area is 162 Å². The maximum Gasteiger partial charge on any atom is 0.279 e. The van der Waals surface area contributed by atoms with E-state index in [0.717, 1.165) is 13.1 Å². The zero-order valence-corrected chi connectivity index (χ0v) is 16.0. The highest BCUT2D eigenvalue weighted by Crippen LogP contribution is 2.19. The molecule has 0 N–H and O–H groups in total. The highest BCUT2D eigenvalue weighted by Gasteiger charge is 2.25. The number of fused-ring (bicyclic) bond motifs is 1. The molecule has 2 aromatic carbocycles. The predicted molar refractivity (Wildman–Crippen MR) is 107 cm³/mol. The first kappa shape index (κ1) is 18.2. The number of ether oxygens (including phenoxy) is 1. The summed E-state index contributed by atoms with van der Waals surface area (Å²) in [5, 5.41) is 5.54. The van der Waals surface area contributed by atoms with Gasteiger partial charge in [0.15, 0.2) is 5.69 Å². The van der Waals surface area contributed by atoms with Gasteiger partial charge in [-0.05, 0) is 37.4 Å². The van der Waals surface area contributed by atoms with E-state index in [-0.39, 0.29) is 11.5 Å². The van der Waals surface area contributed by atoms with Gasteiger partial charge in [-0.25, -0.2) is 0 Å². The summed E-state index contributed by atoms with van der Waals surface area (Å²) in [5.41, 5.74) is 0.634. The van der Waals surface area contributed by atoms with Crippen molar-refractivity contribution < 1.29 is 9.53 Å². The summed E-state index contributed by atoms with van der Waals surface area (Å²) in [7, 11) is 3.63. The normalized spacial score (nSPS) is 15.0. The summed E-state index contributed by atoms with van der Waals surface area (Å²) in [4.78, 5) is 30.2. The van der Waals surface area contributed by atoms with Crippen LogP contribution in [0, 0.1) is 0 Å². The van der Waals surface area contributed by atoms with Crippen molar-refractivity contribution in [3.8, 4) is 11.4 Å². The van der Waals surface area contributed by atoms with Crippen LogP contribution in [0.25, 0.3) is 16.5 Å². The third-order valence-electron chi connectivity index (χ3n) is 5.12. The van der Waals surface area contributed by atoms with Crippen molar-refractivity contribution in [2.24, 2.45) is 0 Å². The molecule has 144 valence electrons. The lowest BCUT2D eigenvalue weighted by molar-refractivity contribution is 0.0658. The Hall–Kier alpha value is -3.19. The van der Waals surface area contributed by atoms with Gasteiger partial charge in [0, 0.05) is 31.6 Å². The van der Waals surface area contributed by atoms with Gasteiger partial charge in [-0.3, -0.25) is 9.59 Å². The molecule has 4 rings (SSSR count). The Morgan fingerprint density at radius 1 is 0.964 bits per heavy atom. The lowest BCUT2D eigenvalue weighted by Crippen LogP contribution is -2.47. The van der Waals surface area contributed by atoms with E-state index in [1.165, 1.54) is 4.68 Å². The molecular weight excluding hydrogens is 356 g/mol. The molecule has 1 fully saturated rings. The van der Waals surface area contributed by atoms with E-state index in [0.29, 0.717) is 41.0 Å². The molecule has 0 atom stereocenters. The van der Waals surface area contributed by atoms with Crippen molar-refractivity contribution >= 4 is 16.7 Å². The maximum atomic E-state index is 13.2. The topological polar surface area (TPSA) is 67.7 Å². The molecule has 0 unspecified atom stereocenters. The van der Waals surface area contributed by atoms with Gasteiger partial charge >= 0.3 is 0 Å². The second kappa shape index (κ2) is 7.44. The first-order valence-corrected chi connectivity index (χ1v) is 9.23. The van der Waals surface area contributed by atoms with Crippen LogP contribution < -0.4 is 10.3 Å². The number of hydrogen-bond acceptors (Lipinski definition) is 5. The van der Waals surface area contributed by atoms with E-state index in [1.807, 2.05) is 13.1 Å². The highest BCUT2D eigenvalue weighted by molar-refractivity contribution is 6.04. The summed E-state index contributed by atoms with van der Waals surface area (Å²) >= 11 is 0. The van der Waals surface area contributed by atoms with Gasteiger partial charge in [0.05, 0.1) is 18.2 Å². The molecule has 2 heterocycles. The molecule has 1 aromatic heterocycles. The summed E-state index contributed by atoms with van der Waals surface area (Å²) in [6.45, 7) is 2.93. The number of carbonyl (C=O) groups is 1. The quantitative estimate of drug-likeness (QED) is 0.695. The molecule has 7 heteroatoms. The van der Waals surface area contributed by atoms with Crippen molar-refractivity contribution in [1.82, 2.24) is 19.6 Å². The smallest absolute Gasteiger partial charge is 0.279 e. The van der Waals surface area contributed by atoms with Gasteiger partial charge in [-0.15, -0.1) is 0 Å². The molecule has 1 aliphatic rings. The van der Waals surface area contributed by atoms with Gasteiger partial charge in [0.25, 0.3) is 11.5 Å². The summed E-state index contributed by atoms with van der Waals surface area (Å²) in [6.07, 6.45) is 0. The van der Waals surface area contributed by atoms with Crippen molar-refractivity contribution in [3.05, 3.63) is 64.6 Å². The Morgan fingerprint density at radius 2 is 1.61 bits per heavy atom. The first-order valence-electron chi connectivity index (χ1n) is 9.23. The molecular formula is C21H22N4O3. The molecule has 0 bridgehead atoms. The maximum absolute atomic E-state index is 13.2. The second-order valence-electron chi connectivity index (χ2n) is 6.90. The number of hydrogen-bond donors (Lipinski definition) is 0. The average molecular weight is 378 g/mol. The number of carbonyl (C=O) groups excluding carboxylic acids is 1. The lowest BCUT2D eigenvalue weighted by Gasteiger charge is -2.32. The zero-order chi connectivity index (χ0) is 19.7. The van der Waals surface area contributed by atoms with Gasteiger partial charge < -0.3 is 14.5 Å². The number of methoxy groups -OCH3 is 1. The third-order valence-corrected chi connectivity index (χ3v) is 5.12. The van der Waals surface area contributed by atoms with Crippen LogP contribution in [0.2, 0.25) is 0 Å². The second-order valence-corrected chi connectivity index (χ2v) is 6.90. The fraction of sp³-hybridized carbons (Fsp3) is 0.286. The van der Waals surface area contributed by atoms with E-state index < -0.39 is 0 Å². The number of amides is 1. The Kier molecular flexibility index (Phi) is 4.83. The molecule has 1 aliphatic heterocycles. The summed E-state index contributed by atoms with van der Waals surface area (Å²) in [6, 6.07) is 14.2. The minimum Gasteiger partial charge on any atom is -0.497 e. The number of aromatic nitrogens is 2. The van der Waals surface area contributed by atoms with Gasteiger partial charge in [0.1, 0.15) is 5.75 Å².